The molecule has 0 aliphatic heterocycles. The minimum absolute atomic E-state index is 0.103. The van der Waals surface area contributed by atoms with Crippen LogP contribution in [0.4, 0.5) is 10.1 Å². The number of ether oxygens (including phenoxy) is 1. The van der Waals surface area contributed by atoms with Crippen molar-refractivity contribution < 1.29 is 19.0 Å². The van der Waals surface area contributed by atoms with Crippen LogP contribution in [0.1, 0.15) is 12.8 Å². The molecule has 0 heterocycles. The second-order valence-electron chi connectivity index (χ2n) is 3.27. The molecule has 5 heteroatoms. The highest BCUT2D eigenvalue weighted by Gasteiger charge is 2.03. The standard InChI is InChI=1S/C11H14FNO3/c1-16-10-5-4-8(7-9(10)12)13-6-2-3-11(14)15/h4-5,7,13H,2-3,6H2,1H3,(H,14,15). The van der Waals surface area contributed by atoms with Gasteiger partial charge in [-0.05, 0) is 18.6 Å². The molecule has 0 saturated carbocycles. The van der Waals surface area contributed by atoms with E-state index in [1.165, 1.54) is 19.2 Å². The maximum absolute atomic E-state index is 13.2. The molecule has 0 bridgehead atoms. The lowest BCUT2D eigenvalue weighted by Gasteiger charge is -2.07. The smallest absolute Gasteiger partial charge is 0.303 e. The fraction of sp³-hybridized carbons (Fsp3) is 0.364. The molecule has 1 aromatic rings. The lowest BCUT2D eigenvalue weighted by molar-refractivity contribution is -0.137. The minimum atomic E-state index is -0.831. The van der Waals surface area contributed by atoms with Crippen molar-refractivity contribution in [2.45, 2.75) is 12.8 Å². The average Bonchev–Trinajstić information content (AvgIpc) is 2.24. The molecule has 0 radical (unpaired) electrons. The van der Waals surface area contributed by atoms with Crippen molar-refractivity contribution in [3.8, 4) is 5.75 Å². The van der Waals surface area contributed by atoms with Gasteiger partial charge in [-0.1, -0.05) is 0 Å². The predicted molar refractivity (Wildman–Crippen MR) is 58.3 cm³/mol. The van der Waals surface area contributed by atoms with Gasteiger partial charge in [0.05, 0.1) is 7.11 Å². The average molecular weight is 227 g/mol. The molecule has 0 spiro atoms. The van der Waals surface area contributed by atoms with E-state index in [4.69, 9.17) is 9.84 Å². The van der Waals surface area contributed by atoms with Crippen molar-refractivity contribution in [3.63, 3.8) is 0 Å². The molecule has 0 aliphatic rings. The Balaban J connectivity index is 2.43. The first-order chi connectivity index (χ1) is 7.63. The number of methoxy groups -OCH3 is 1. The van der Waals surface area contributed by atoms with E-state index in [9.17, 15) is 9.18 Å². The molecule has 0 aromatic heterocycles. The Labute approximate surface area is 93.0 Å². The molecule has 0 amide bonds. The Morgan fingerprint density at radius 1 is 1.56 bits per heavy atom. The number of benzene rings is 1. The third-order valence-corrected chi connectivity index (χ3v) is 2.05. The number of hydrogen-bond donors (Lipinski definition) is 2. The molecular weight excluding hydrogens is 213 g/mol. The summed E-state index contributed by atoms with van der Waals surface area (Å²) in [4.78, 5) is 10.2. The lowest BCUT2D eigenvalue weighted by atomic mass is 10.2. The lowest BCUT2D eigenvalue weighted by Crippen LogP contribution is -2.05. The van der Waals surface area contributed by atoms with Gasteiger partial charge in [0.15, 0.2) is 11.6 Å². The maximum atomic E-state index is 13.2. The normalized spacial score (nSPS) is 9.88. The second-order valence-corrected chi connectivity index (χ2v) is 3.27. The molecule has 0 unspecified atom stereocenters. The van der Waals surface area contributed by atoms with Crippen LogP contribution in [0.2, 0.25) is 0 Å². The van der Waals surface area contributed by atoms with Gasteiger partial charge in [-0.25, -0.2) is 4.39 Å². The Hall–Kier alpha value is -1.78. The third kappa shape index (κ3) is 3.76. The van der Waals surface area contributed by atoms with Gasteiger partial charge in [-0.3, -0.25) is 4.79 Å². The second kappa shape index (κ2) is 5.95. The van der Waals surface area contributed by atoms with Gasteiger partial charge in [-0.2, -0.15) is 0 Å². The molecule has 4 nitrogen and oxygen atoms in total. The van der Waals surface area contributed by atoms with Crippen LogP contribution in [0.25, 0.3) is 0 Å². The zero-order chi connectivity index (χ0) is 12.0. The summed E-state index contributed by atoms with van der Waals surface area (Å²) in [5, 5.41) is 11.4. The van der Waals surface area contributed by atoms with Crippen LogP contribution in [0.5, 0.6) is 5.75 Å². The van der Waals surface area contributed by atoms with Gasteiger partial charge in [-0.15, -0.1) is 0 Å². The summed E-state index contributed by atoms with van der Waals surface area (Å²) >= 11 is 0. The molecular formula is C11H14FNO3. The molecule has 0 aliphatic carbocycles. The van der Waals surface area contributed by atoms with Gasteiger partial charge in [0.1, 0.15) is 0 Å². The zero-order valence-electron chi connectivity index (χ0n) is 9.00. The topological polar surface area (TPSA) is 58.6 Å². The van der Waals surface area contributed by atoms with Crippen LogP contribution in [0, 0.1) is 5.82 Å². The van der Waals surface area contributed by atoms with Gasteiger partial charge in [0.2, 0.25) is 0 Å². The molecule has 2 N–H and O–H groups in total. The van der Waals surface area contributed by atoms with Crippen molar-refractivity contribution in [2.75, 3.05) is 19.0 Å². The van der Waals surface area contributed by atoms with Crippen LogP contribution in [0.3, 0.4) is 0 Å². The minimum Gasteiger partial charge on any atom is -0.494 e. The van der Waals surface area contributed by atoms with Crippen molar-refractivity contribution in [1.82, 2.24) is 0 Å². The van der Waals surface area contributed by atoms with Crippen LogP contribution >= 0.6 is 0 Å². The highest BCUT2D eigenvalue weighted by molar-refractivity contribution is 5.66. The highest BCUT2D eigenvalue weighted by Crippen LogP contribution is 2.20. The molecule has 1 aromatic carbocycles. The van der Waals surface area contributed by atoms with Crippen LogP contribution in [0.15, 0.2) is 18.2 Å². The Bertz CT molecular complexity index is 368. The van der Waals surface area contributed by atoms with Crippen LogP contribution in [-0.2, 0) is 4.79 Å². The Morgan fingerprint density at radius 3 is 2.88 bits per heavy atom. The van der Waals surface area contributed by atoms with E-state index in [0.717, 1.165) is 0 Å². The highest BCUT2D eigenvalue weighted by atomic mass is 19.1. The number of hydrogen-bond acceptors (Lipinski definition) is 3. The predicted octanol–water partition coefficient (Wildman–Crippen LogP) is 2.11. The van der Waals surface area contributed by atoms with E-state index >= 15 is 0 Å². The number of carboxylic acids is 1. The van der Waals surface area contributed by atoms with Crippen LogP contribution in [-0.4, -0.2) is 24.7 Å². The SMILES string of the molecule is COc1ccc(NCCCC(=O)O)cc1F. The van der Waals surface area contributed by atoms with E-state index in [-0.39, 0.29) is 12.2 Å². The number of anilines is 1. The maximum Gasteiger partial charge on any atom is 0.303 e. The summed E-state index contributed by atoms with van der Waals surface area (Å²) in [5.74, 6) is -1.08. The summed E-state index contributed by atoms with van der Waals surface area (Å²) in [6.07, 6.45) is 0.606. The van der Waals surface area contributed by atoms with Crippen molar-refractivity contribution in [2.24, 2.45) is 0 Å². The number of carboxylic acid groups (broad SMARTS) is 1. The van der Waals surface area contributed by atoms with Crippen molar-refractivity contribution >= 4 is 11.7 Å². The molecule has 0 saturated heterocycles. The van der Waals surface area contributed by atoms with E-state index in [2.05, 4.69) is 5.32 Å². The molecule has 0 atom stereocenters. The quantitative estimate of drug-likeness (QED) is 0.731. The number of rotatable bonds is 6. The monoisotopic (exact) mass is 227 g/mol. The van der Waals surface area contributed by atoms with Crippen molar-refractivity contribution in [3.05, 3.63) is 24.0 Å². The fourth-order valence-corrected chi connectivity index (χ4v) is 1.25. The first-order valence-electron chi connectivity index (χ1n) is 4.92. The van der Waals surface area contributed by atoms with E-state index in [1.807, 2.05) is 0 Å². The van der Waals surface area contributed by atoms with Crippen LogP contribution < -0.4 is 10.1 Å². The summed E-state index contributed by atoms with van der Waals surface area (Å²) in [5.41, 5.74) is 0.615. The number of halogens is 1. The van der Waals surface area contributed by atoms with E-state index in [0.29, 0.717) is 18.7 Å². The van der Waals surface area contributed by atoms with E-state index < -0.39 is 11.8 Å². The van der Waals surface area contributed by atoms with Gasteiger partial charge >= 0.3 is 5.97 Å². The Morgan fingerprint density at radius 2 is 2.31 bits per heavy atom. The first kappa shape index (κ1) is 12.3. The summed E-state index contributed by atoms with van der Waals surface area (Å²) in [6.45, 7) is 0.498. The summed E-state index contributed by atoms with van der Waals surface area (Å²) in [7, 11) is 1.40. The zero-order valence-corrected chi connectivity index (χ0v) is 9.00. The molecule has 1 rings (SSSR count). The fourth-order valence-electron chi connectivity index (χ4n) is 1.25. The number of nitrogens with one attached hydrogen (secondary N) is 1. The molecule has 88 valence electrons. The summed E-state index contributed by atoms with van der Waals surface area (Å²) in [6, 6.07) is 4.52. The largest absolute Gasteiger partial charge is 0.494 e. The molecule has 0 fully saturated rings. The molecule has 16 heavy (non-hydrogen) atoms. The summed E-state index contributed by atoms with van der Waals surface area (Å²) < 4.78 is 18.0. The Kier molecular flexibility index (Phi) is 4.57. The first-order valence-corrected chi connectivity index (χ1v) is 4.92. The number of aliphatic carboxylic acids is 1. The van der Waals surface area contributed by atoms with Crippen molar-refractivity contribution in [1.29, 1.82) is 0 Å². The third-order valence-electron chi connectivity index (χ3n) is 2.05. The van der Waals surface area contributed by atoms with Gasteiger partial charge in [0, 0.05) is 24.7 Å². The van der Waals surface area contributed by atoms with E-state index in [1.54, 1.807) is 6.07 Å². The number of carbonyl (C=O) groups is 1. The van der Waals surface area contributed by atoms with Gasteiger partial charge in [0.25, 0.3) is 0 Å². The van der Waals surface area contributed by atoms with Gasteiger partial charge < -0.3 is 15.2 Å².